The van der Waals surface area contributed by atoms with Crippen molar-refractivity contribution in [1.82, 2.24) is 19.9 Å². The molecule has 0 amide bonds. The van der Waals surface area contributed by atoms with E-state index in [1.54, 1.807) is 0 Å². The zero-order valence-electron chi connectivity index (χ0n) is 15.1. The average Bonchev–Trinajstić information content (AvgIpc) is 3.27. The first-order chi connectivity index (χ1) is 13.8. The van der Waals surface area contributed by atoms with Gasteiger partial charge < -0.3 is 19.0 Å². The molecule has 2 N–H and O–H groups in total. The number of thiol groups is 2. The van der Waals surface area contributed by atoms with Crippen LogP contribution in [0, 0.1) is 0 Å². The van der Waals surface area contributed by atoms with Gasteiger partial charge in [0.05, 0.1) is 28.0 Å². The zero-order valence-corrected chi connectivity index (χ0v) is 20.3. The van der Waals surface area contributed by atoms with Crippen LogP contribution in [0.4, 0.5) is 0 Å². The lowest BCUT2D eigenvalue weighted by Crippen LogP contribution is -1.97. The maximum Gasteiger partial charge on any atom is 0.133 e. The van der Waals surface area contributed by atoms with Crippen LogP contribution in [0.25, 0.3) is 22.1 Å². The van der Waals surface area contributed by atoms with Gasteiger partial charge in [-0.2, -0.15) is 0 Å². The zero-order chi connectivity index (χ0) is 20.5. The minimum absolute atomic E-state index is 0.238. The summed E-state index contributed by atoms with van der Waals surface area (Å²) >= 11 is 20.3. The van der Waals surface area contributed by atoms with E-state index in [0.29, 0.717) is 17.6 Å². The summed E-state index contributed by atoms with van der Waals surface area (Å²) in [6.07, 6.45) is 0. The Morgan fingerprint density at radius 1 is 0.759 bits per heavy atom. The van der Waals surface area contributed by atoms with E-state index in [4.69, 9.17) is 32.7 Å². The fourth-order valence-electron chi connectivity index (χ4n) is 2.78. The third kappa shape index (κ3) is 5.71. The highest BCUT2D eigenvalue weighted by atomic mass is 32.9. The second-order valence-corrected chi connectivity index (χ2v) is 19.6. The Morgan fingerprint density at radius 2 is 1.17 bits per heavy atom. The predicted octanol–water partition coefficient (Wildman–Crippen LogP) is 5.61. The molecule has 0 spiro atoms. The summed E-state index contributed by atoms with van der Waals surface area (Å²) in [5, 5.41) is 0. The van der Waals surface area contributed by atoms with E-state index in [2.05, 4.69) is 44.4 Å². The highest BCUT2D eigenvalue weighted by Crippen LogP contribution is 2.68. The Bertz CT molecular complexity index is 1100. The number of benzene rings is 2. The molecule has 12 heteroatoms. The van der Waals surface area contributed by atoms with Crippen LogP contribution in [0.15, 0.2) is 48.5 Å². The van der Waals surface area contributed by atoms with Gasteiger partial charge in [-0.1, -0.05) is 47.9 Å². The molecule has 152 valence electrons. The van der Waals surface area contributed by atoms with Gasteiger partial charge >= 0.3 is 0 Å². The molecule has 2 aromatic carbocycles. The van der Waals surface area contributed by atoms with Crippen LogP contribution in [-0.4, -0.2) is 25.8 Å². The van der Waals surface area contributed by atoms with Gasteiger partial charge in [-0.05, 0) is 24.3 Å². The summed E-state index contributed by atoms with van der Waals surface area (Å²) in [5.41, 5.74) is -1.32. The number of fused-ring (bicyclic) bond motifs is 2. The van der Waals surface area contributed by atoms with Crippen LogP contribution in [-0.2, 0) is 45.9 Å². The Kier molecular flexibility index (Phi) is 6.54. The van der Waals surface area contributed by atoms with Crippen molar-refractivity contribution in [3.05, 3.63) is 60.2 Å². The highest BCUT2D eigenvalue weighted by molar-refractivity contribution is 8.69. The predicted molar refractivity (Wildman–Crippen MR) is 133 cm³/mol. The van der Waals surface area contributed by atoms with E-state index in [1.807, 2.05) is 48.5 Å². The lowest BCUT2D eigenvalue weighted by atomic mass is 10.3. The van der Waals surface area contributed by atoms with E-state index in [1.165, 1.54) is 0 Å². The molecule has 0 aliphatic rings. The molecule has 0 bridgehead atoms. The number of para-hydroxylation sites is 4. The van der Waals surface area contributed by atoms with Crippen LogP contribution in [0.1, 0.15) is 11.6 Å². The van der Waals surface area contributed by atoms with Crippen molar-refractivity contribution in [2.45, 2.75) is 13.2 Å². The molecule has 2 unspecified atom stereocenters. The van der Waals surface area contributed by atoms with Crippen molar-refractivity contribution in [3.8, 4) is 0 Å². The Hall–Kier alpha value is -0.700. The SMILES string of the molecule is S=P(S)(CP(=S)(S)OCc1nc2ccccc2[nH]1)OCc1nc2ccccc2[nH]1. The number of nitrogens with one attached hydrogen (secondary N) is 2. The van der Waals surface area contributed by atoms with Crippen molar-refractivity contribution >= 4 is 81.1 Å². The quantitative estimate of drug-likeness (QED) is 0.186. The number of hydrogen-bond acceptors (Lipinski definition) is 6. The largest absolute Gasteiger partial charge is 0.340 e. The minimum atomic E-state index is -2.49. The van der Waals surface area contributed by atoms with Crippen LogP contribution in [0.2, 0.25) is 0 Å². The molecule has 2 atom stereocenters. The van der Waals surface area contributed by atoms with Gasteiger partial charge in [0.2, 0.25) is 0 Å². The standard InChI is InChI=1S/C17H18N4O2P2S4/c26-24(27,22-9-16-18-12-5-1-2-6-13(12)19-16)11-25(28,29)23-10-17-20-14-7-3-4-8-15(14)21-17/h1-8H,9-11H2,(H,18,19)(H,20,21)(H,26,27)(H,28,29). The molecular weight excluding hydrogens is 482 g/mol. The lowest BCUT2D eigenvalue weighted by Gasteiger charge is -2.22. The van der Waals surface area contributed by atoms with Crippen molar-refractivity contribution in [1.29, 1.82) is 0 Å². The molecule has 0 radical (unpaired) electrons. The molecule has 0 saturated carbocycles. The maximum atomic E-state index is 5.89. The van der Waals surface area contributed by atoms with Crippen molar-refractivity contribution in [3.63, 3.8) is 0 Å². The molecule has 4 aromatic rings. The summed E-state index contributed by atoms with van der Waals surface area (Å²) < 4.78 is 11.8. The van der Waals surface area contributed by atoms with Gasteiger partial charge in [0, 0.05) is 0 Å². The molecule has 29 heavy (non-hydrogen) atoms. The Morgan fingerprint density at radius 3 is 1.59 bits per heavy atom. The number of nitrogens with zero attached hydrogens (tertiary/aromatic N) is 2. The molecule has 0 saturated heterocycles. The molecular formula is C17H18N4O2P2S4. The Labute approximate surface area is 188 Å². The van der Waals surface area contributed by atoms with Crippen molar-refractivity contribution < 1.29 is 9.05 Å². The first-order valence-corrected chi connectivity index (χ1v) is 16.7. The smallest absolute Gasteiger partial charge is 0.133 e. The Balaban J connectivity index is 1.35. The highest BCUT2D eigenvalue weighted by Gasteiger charge is 2.24. The number of aromatic amines is 2. The van der Waals surface area contributed by atoms with Crippen LogP contribution < -0.4 is 0 Å². The second-order valence-electron chi connectivity index (χ2n) is 6.36. The number of aromatic nitrogens is 4. The number of imidazole rings is 2. The van der Waals surface area contributed by atoms with Crippen molar-refractivity contribution in [2.75, 3.05) is 5.90 Å². The normalized spacial score (nSPS) is 16.1. The van der Waals surface area contributed by atoms with Crippen molar-refractivity contribution in [2.24, 2.45) is 0 Å². The van der Waals surface area contributed by atoms with Gasteiger partial charge in [-0.15, -0.1) is 24.5 Å². The number of hydrogen-bond donors (Lipinski definition) is 4. The first kappa shape index (κ1) is 21.5. The van der Waals surface area contributed by atoms with E-state index in [-0.39, 0.29) is 13.2 Å². The van der Waals surface area contributed by atoms with Crippen LogP contribution in [0.3, 0.4) is 0 Å². The minimum Gasteiger partial charge on any atom is -0.340 e. The van der Waals surface area contributed by atoms with E-state index in [9.17, 15) is 0 Å². The van der Waals surface area contributed by atoms with Gasteiger partial charge in [0.15, 0.2) is 0 Å². The molecule has 0 aliphatic carbocycles. The number of H-pyrrole nitrogens is 2. The van der Waals surface area contributed by atoms with E-state index < -0.39 is 10.9 Å². The fourth-order valence-corrected chi connectivity index (χ4v) is 15.8. The van der Waals surface area contributed by atoms with Gasteiger partial charge in [-0.3, -0.25) is 0 Å². The first-order valence-electron chi connectivity index (χ1n) is 8.60. The third-order valence-corrected chi connectivity index (χ3v) is 13.6. The molecule has 0 aliphatic heterocycles. The molecule has 0 fully saturated rings. The summed E-state index contributed by atoms with van der Waals surface area (Å²) in [5.74, 6) is 1.72. The summed E-state index contributed by atoms with van der Waals surface area (Å²) in [6, 6.07) is 15.6. The van der Waals surface area contributed by atoms with Gasteiger partial charge in [0.1, 0.15) is 35.8 Å². The molecule has 6 nitrogen and oxygen atoms in total. The monoisotopic (exact) mass is 500 g/mol. The van der Waals surface area contributed by atoms with E-state index in [0.717, 1.165) is 22.1 Å². The third-order valence-electron chi connectivity index (χ3n) is 4.04. The second kappa shape index (κ2) is 8.81. The van der Waals surface area contributed by atoms with Gasteiger partial charge in [-0.25, -0.2) is 9.97 Å². The number of rotatable bonds is 8. The summed E-state index contributed by atoms with van der Waals surface area (Å²) in [7, 11) is 0. The van der Waals surface area contributed by atoms with Crippen LogP contribution in [0.5, 0.6) is 0 Å². The summed E-state index contributed by atoms with van der Waals surface area (Å²) in [6.45, 7) is 0.476. The lowest BCUT2D eigenvalue weighted by molar-refractivity contribution is 0.331. The molecule has 2 heterocycles. The fraction of sp³-hybridized carbons (Fsp3) is 0.176. The molecule has 4 rings (SSSR count). The van der Waals surface area contributed by atoms with E-state index >= 15 is 0 Å². The maximum absolute atomic E-state index is 5.89. The van der Waals surface area contributed by atoms with Crippen LogP contribution >= 0.6 is 35.4 Å². The summed E-state index contributed by atoms with van der Waals surface area (Å²) in [4.78, 5) is 15.4. The van der Waals surface area contributed by atoms with Gasteiger partial charge in [0.25, 0.3) is 0 Å². The molecule has 2 aromatic heterocycles. The average molecular weight is 501 g/mol. The topological polar surface area (TPSA) is 75.8 Å².